The normalized spacial score (nSPS) is 11.7. The summed E-state index contributed by atoms with van der Waals surface area (Å²) in [6.07, 6.45) is -1.23. The molecule has 0 heterocycles. The van der Waals surface area contributed by atoms with Crippen LogP contribution >= 0.6 is 0 Å². The summed E-state index contributed by atoms with van der Waals surface area (Å²) >= 11 is 0. The number of hydrogen-bond acceptors (Lipinski definition) is 3. The molecule has 2 rings (SSSR count). The van der Waals surface area contributed by atoms with E-state index >= 15 is 0 Å². The van der Waals surface area contributed by atoms with E-state index in [1.54, 1.807) is 42.5 Å². The quantitative estimate of drug-likeness (QED) is 0.888. The molecule has 0 saturated carbocycles. The van der Waals surface area contributed by atoms with Crippen molar-refractivity contribution in [3.8, 4) is 11.5 Å². The molecular weight excluding hydrogens is 275 g/mol. The number of carbonyl (C=O) groups is 1. The fourth-order valence-corrected chi connectivity index (χ4v) is 1.88. The SMILES string of the molecule is COc1cccc(O[C@H](Cc2ccccc2F)C(=O)O)c1. The van der Waals surface area contributed by atoms with Crippen LogP contribution in [0.5, 0.6) is 11.5 Å². The number of carboxylic acid groups (broad SMARTS) is 1. The van der Waals surface area contributed by atoms with Gasteiger partial charge in [0.1, 0.15) is 17.3 Å². The lowest BCUT2D eigenvalue weighted by atomic mass is 10.1. The van der Waals surface area contributed by atoms with Crippen LogP contribution in [0.25, 0.3) is 0 Å². The summed E-state index contributed by atoms with van der Waals surface area (Å²) in [5, 5.41) is 9.23. The molecule has 0 aromatic heterocycles. The molecule has 0 unspecified atom stereocenters. The van der Waals surface area contributed by atoms with E-state index in [1.165, 1.54) is 13.2 Å². The van der Waals surface area contributed by atoms with Gasteiger partial charge >= 0.3 is 5.97 Å². The maximum Gasteiger partial charge on any atom is 0.345 e. The van der Waals surface area contributed by atoms with Crippen molar-refractivity contribution in [2.45, 2.75) is 12.5 Å². The molecule has 110 valence electrons. The van der Waals surface area contributed by atoms with Crippen LogP contribution in [-0.2, 0) is 11.2 Å². The van der Waals surface area contributed by atoms with Crippen LogP contribution < -0.4 is 9.47 Å². The van der Waals surface area contributed by atoms with Gasteiger partial charge in [0.05, 0.1) is 7.11 Å². The third-order valence-electron chi connectivity index (χ3n) is 2.96. The van der Waals surface area contributed by atoms with Gasteiger partial charge in [-0.05, 0) is 23.8 Å². The lowest BCUT2D eigenvalue weighted by Crippen LogP contribution is -2.29. The molecule has 0 aliphatic heterocycles. The molecule has 0 aliphatic carbocycles. The second kappa shape index (κ2) is 6.74. The summed E-state index contributed by atoms with van der Waals surface area (Å²) in [5.74, 6) is -0.681. The van der Waals surface area contributed by atoms with Crippen LogP contribution in [0.4, 0.5) is 4.39 Å². The van der Waals surface area contributed by atoms with Crippen LogP contribution in [0, 0.1) is 5.82 Å². The predicted octanol–water partition coefficient (Wildman–Crippen LogP) is 2.91. The minimum Gasteiger partial charge on any atom is -0.497 e. The predicted molar refractivity (Wildman–Crippen MR) is 75.1 cm³/mol. The molecule has 0 radical (unpaired) electrons. The highest BCUT2D eigenvalue weighted by Gasteiger charge is 2.21. The molecule has 21 heavy (non-hydrogen) atoms. The topological polar surface area (TPSA) is 55.8 Å². The average molecular weight is 290 g/mol. The van der Waals surface area contributed by atoms with Gasteiger partial charge in [-0.3, -0.25) is 0 Å². The Labute approximate surface area is 121 Å². The Bertz CT molecular complexity index is 627. The van der Waals surface area contributed by atoms with Crippen molar-refractivity contribution < 1.29 is 23.8 Å². The fourth-order valence-electron chi connectivity index (χ4n) is 1.88. The van der Waals surface area contributed by atoms with Crippen molar-refractivity contribution in [1.29, 1.82) is 0 Å². The third kappa shape index (κ3) is 3.95. The van der Waals surface area contributed by atoms with Gasteiger partial charge in [0.2, 0.25) is 0 Å². The maximum absolute atomic E-state index is 13.6. The van der Waals surface area contributed by atoms with Crippen molar-refractivity contribution in [2.75, 3.05) is 7.11 Å². The van der Waals surface area contributed by atoms with Gasteiger partial charge < -0.3 is 14.6 Å². The van der Waals surface area contributed by atoms with Crippen molar-refractivity contribution in [2.24, 2.45) is 0 Å². The lowest BCUT2D eigenvalue weighted by molar-refractivity contribution is -0.145. The van der Waals surface area contributed by atoms with Crippen LogP contribution in [0.1, 0.15) is 5.56 Å². The molecule has 1 atom stereocenters. The van der Waals surface area contributed by atoms with Crippen molar-refractivity contribution in [3.63, 3.8) is 0 Å². The Morgan fingerprint density at radius 1 is 1.19 bits per heavy atom. The number of methoxy groups -OCH3 is 1. The standard InChI is InChI=1S/C16H15FO4/c1-20-12-6-4-7-13(10-12)21-15(16(18)19)9-11-5-2-3-8-14(11)17/h2-8,10,15H,9H2,1H3,(H,18,19)/t15-/m1/s1. The Balaban J connectivity index is 2.16. The summed E-state index contributed by atoms with van der Waals surface area (Å²) in [6.45, 7) is 0. The Kier molecular flexibility index (Phi) is 4.77. The van der Waals surface area contributed by atoms with E-state index in [0.29, 0.717) is 17.1 Å². The first kappa shape index (κ1) is 14.8. The second-order valence-corrected chi connectivity index (χ2v) is 4.42. The maximum atomic E-state index is 13.6. The highest BCUT2D eigenvalue weighted by Crippen LogP contribution is 2.21. The van der Waals surface area contributed by atoms with E-state index in [0.717, 1.165) is 0 Å². The van der Waals surface area contributed by atoms with Crippen LogP contribution in [0.15, 0.2) is 48.5 Å². The Hall–Kier alpha value is -2.56. The summed E-state index contributed by atoms with van der Waals surface area (Å²) in [4.78, 5) is 11.3. The zero-order valence-corrected chi connectivity index (χ0v) is 11.5. The molecule has 0 bridgehead atoms. The molecular formula is C16H15FO4. The van der Waals surface area contributed by atoms with Crippen LogP contribution in [-0.4, -0.2) is 24.3 Å². The molecule has 0 fully saturated rings. The monoisotopic (exact) mass is 290 g/mol. The van der Waals surface area contributed by atoms with E-state index < -0.39 is 17.9 Å². The van der Waals surface area contributed by atoms with Crippen molar-refractivity contribution >= 4 is 5.97 Å². The van der Waals surface area contributed by atoms with Crippen molar-refractivity contribution in [3.05, 3.63) is 59.9 Å². The Morgan fingerprint density at radius 2 is 1.90 bits per heavy atom. The summed E-state index contributed by atoms with van der Waals surface area (Å²) in [7, 11) is 1.51. The fraction of sp³-hybridized carbons (Fsp3) is 0.188. The molecule has 5 heteroatoms. The zero-order valence-electron chi connectivity index (χ0n) is 11.5. The number of carboxylic acids is 1. The van der Waals surface area contributed by atoms with E-state index in [4.69, 9.17) is 9.47 Å². The molecule has 2 aromatic carbocycles. The van der Waals surface area contributed by atoms with E-state index in [1.807, 2.05) is 0 Å². The molecule has 0 aliphatic rings. The third-order valence-corrected chi connectivity index (χ3v) is 2.96. The van der Waals surface area contributed by atoms with Crippen LogP contribution in [0.3, 0.4) is 0 Å². The van der Waals surface area contributed by atoms with Gasteiger partial charge in [-0.1, -0.05) is 24.3 Å². The first-order chi connectivity index (χ1) is 10.1. The van der Waals surface area contributed by atoms with Crippen LogP contribution in [0.2, 0.25) is 0 Å². The molecule has 2 aromatic rings. The largest absolute Gasteiger partial charge is 0.497 e. The first-order valence-electron chi connectivity index (χ1n) is 6.37. The minimum absolute atomic E-state index is 0.0563. The number of benzene rings is 2. The van der Waals surface area contributed by atoms with Gasteiger partial charge in [0, 0.05) is 12.5 Å². The summed E-state index contributed by atoms with van der Waals surface area (Å²) < 4.78 is 24.1. The Morgan fingerprint density at radius 3 is 2.57 bits per heavy atom. The van der Waals surface area contributed by atoms with E-state index in [9.17, 15) is 14.3 Å². The van der Waals surface area contributed by atoms with Gasteiger partial charge in [0.15, 0.2) is 6.10 Å². The molecule has 1 N–H and O–H groups in total. The molecule has 0 amide bonds. The lowest BCUT2D eigenvalue weighted by Gasteiger charge is -2.16. The number of rotatable bonds is 6. The molecule has 0 spiro atoms. The summed E-state index contributed by atoms with van der Waals surface area (Å²) in [6, 6.07) is 12.7. The number of halogens is 1. The van der Waals surface area contributed by atoms with E-state index in [-0.39, 0.29) is 6.42 Å². The van der Waals surface area contributed by atoms with Gasteiger partial charge in [-0.25, -0.2) is 9.18 Å². The first-order valence-corrected chi connectivity index (χ1v) is 6.37. The second-order valence-electron chi connectivity index (χ2n) is 4.42. The highest BCUT2D eigenvalue weighted by molar-refractivity contribution is 5.73. The smallest absolute Gasteiger partial charge is 0.345 e. The van der Waals surface area contributed by atoms with Gasteiger partial charge in [-0.2, -0.15) is 0 Å². The number of ether oxygens (including phenoxy) is 2. The van der Waals surface area contributed by atoms with E-state index in [2.05, 4.69) is 0 Å². The number of aliphatic carboxylic acids is 1. The van der Waals surface area contributed by atoms with Crippen molar-refractivity contribution in [1.82, 2.24) is 0 Å². The van der Waals surface area contributed by atoms with Gasteiger partial charge in [-0.15, -0.1) is 0 Å². The zero-order chi connectivity index (χ0) is 15.2. The molecule has 0 saturated heterocycles. The molecule has 4 nitrogen and oxygen atoms in total. The highest BCUT2D eigenvalue weighted by atomic mass is 19.1. The van der Waals surface area contributed by atoms with Gasteiger partial charge in [0.25, 0.3) is 0 Å². The average Bonchev–Trinajstić information content (AvgIpc) is 2.49. The minimum atomic E-state index is -1.17. The summed E-state index contributed by atoms with van der Waals surface area (Å²) in [5.41, 5.74) is 0.299. The number of hydrogen-bond donors (Lipinski definition) is 1.